The number of para-hydroxylation sites is 1. The number of fused-ring (bicyclic) bond motifs is 1. The van der Waals surface area contributed by atoms with Gasteiger partial charge in [-0.3, -0.25) is 4.79 Å². The van der Waals surface area contributed by atoms with Gasteiger partial charge < -0.3 is 14.7 Å². The van der Waals surface area contributed by atoms with Gasteiger partial charge in [0.05, 0.1) is 11.3 Å². The highest BCUT2D eigenvalue weighted by atomic mass is 32.2. The molecule has 0 aromatic heterocycles. The zero-order valence-corrected chi connectivity index (χ0v) is 16.7. The lowest BCUT2D eigenvalue weighted by molar-refractivity contribution is -0.126. The summed E-state index contributed by atoms with van der Waals surface area (Å²) in [7, 11) is -1.60. The minimum Gasteiger partial charge on any atom is -0.371 e. The Morgan fingerprint density at radius 1 is 1.14 bits per heavy atom. The first-order valence-corrected chi connectivity index (χ1v) is 11.1. The molecule has 1 saturated heterocycles. The van der Waals surface area contributed by atoms with Gasteiger partial charge in [-0.25, -0.2) is 8.42 Å². The van der Waals surface area contributed by atoms with E-state index in [4.69, 9.17) is 0 Å². The van der Waals surface area contributed by atoms with Crippen molar-refractivity contribution in [2.75, 3.05) is 37.3 Å². The van der Waals surface area contributed by atoms with E-state index in [0.29, 0.717) is 24.5 Å². The first-order valence-electron chi connectivity index (χ1n) is 9.50. The maximum atomic E-state index is 12.9. The number of nitrogens with zero attached hydrogens (tertiary/aromatic N) is 4. The van der Waals surface area contributed by atoms with Gasteiger partial charge in [-0.2, -0.15) is 0 Å². The summed E-state index contributed by atoms with van der Waals surface area (Å²) in [5, 5.41) is 0. The summed E-state index contributed by atoms with van der Waals surface area (Å²) < 4.78 is 27.0. The Morgan fingerprint density at radius 2 is 1.89 bits per heavy atom. The molecule has 28 heavy (non-hydrogen) atoms. The number of anilines is 1. The van der Waals surface area contributed by atoms with Crippen molar-refractivity contribution in [1.29, 1.82) is 0 Å². The third-order valence-electron chi connectivity index (χ3n) is 5.26. The number of likely N-dealkylation sites (N-methyl/N-ethyl adjacent to an activating group) is 1. The monoisotopic (exact) mass is 400 g/mol. The van der Waals surface area contributed by atoms with E-state index in [1.54, 1.807) is 35.2 Å². The lowest BCUT2D eigenvalue weighted by Gasteiger charge is -2.29. The molecule has 0 bridgehead atoms. The zero-order chi connectivity index (χ0) is 19.7. The Morgan fingerprint density at radius 3 is 2.68 bits per heavy atom. The molecule has 4 rings (SSSR count). The summed E-state index contributed by atoms with van der Waals surface area (Å²) in [4.78, 5) is 18.7. The van der Waals surface area contributed by atoms with Gasteiger partial charge in [0.25, 0.3) is 15.9 Å². The standard InChI is InChI=1S/C20H24N4O3S/c1-22(14-16-6-2-3-7-18(16)23-10-4-5-11-23)20(25)17-8-9-19-21-28(26,27)13-12-24(19)15-17/h2-3,6-9,15H,4-5,10-14H2,1H3. The maximum absolute atomic E-state index is 12.9. The van der Waals surface area contributed by atoms with Crippen LogP contribution in [0.25, 0.3) is 0 Å². The fraction of sp³-hybridized carbons (Fsp3) is 0.400. The largest absolute Gasteiger partial charge is 0.371 e. The van der Waals surface area contributed by atoms with Crippen molar-refractivity contribution in [3.8, 4) is 0 Å². The summed E-state index contributed by atoms with van der Waals surface area (Å²) >= 11 is 0. The average molecular weight is 401 g/mol. The summed E-state index contributed by atoms with van der Waals surface area (Å²) in [6, 6.07) is 8.24. The van der Waals surface area contributed by atoms with E-state index >= 15 is 0 Å². The second-order valence-corrected chi connectivity index (χ2v) is 9.09. The summed E-state index contributed by atoms with van der Waals surface area (Å²) in [5.74, 6) is 0.228. The molecule has 0 N–H and O–H groups in total. The van der Waals surface area contributed by atoms with Gasteiger partial charge in [0, 0.05) is 45.1 Å². The molecule has 7 nitrogen and oxygen atoms in total. The average Bonchev–Trinajstić information content (AvgIpc) is 3.21. The Kier molecular flexibility index (Phi) is 4.97. The van der Waals surface area contributed by atoms with Crippen LogP contribution in [0, 0.1) is 0 Å². The number of benzene rings is 1. The second-order valence-electron chi connectivity index (χ2n) is 7.33. The zero-order valence-electron chi connectivity index (χ0n) is 15.9. The predicted molar refractivity (Wildman–Crippen MR) is 110 cm³/mol. The van der Waals surface area contributed by atoms with Gasteiger partial charge in [0.2, 0.25) is 0 Å². The molecule has 3 aliphatic heterocycles. The van der Waals surface area contributed by atoms with Crippen molar-refractivity contribution < 1.29 is 13.2 Å². The highest BCUT2D eigenvalue weighted by Gasteiger charge is 2.26. The predicted octanol–water partition coefficient (Wildman–Crippen LogP) is 1.74. The molecule has 0 atom stereocenters. The third kappa shape index (κ3) is 3.82. The molecule has 3 aliphatic rings. The van der Waals surface area contributed by atoms with Crippen LogP contribution in [0.1, 0.15) is 18.4 Å². The van der Waals surface area contributed by atoms with Crippen molar-refractivity contribution in [3.63, 3.8) is 0 Å². The number of sulfonamides is 1. The van der Waals surface area contributed by atoms with Crippen LogP contribution in [0.2, 0.25) is 0 Å². The molecule has 148 valence electrons. The fourth-order valence-corrected chi connectivity index (χ4v) is 4.76. The van der Waals surface area contributed by atoms with Crippen LogP contribution in [0.4, 0.5) is 5.69 Å². The van der Waals surface area contributed by atoms with Crippen molar-refractivity contribution >= 4 is 27.5 Å². The second kappa shape index (κ2) is 7.43. The Bertz CT molecular complexity index is 975. The van der Waals surface area contributed by atoms with Crippen LogP contribution in [-0.2, 0) is 21.4 Å². The van der Waals surface area contributed by atoms with Gasteiger partial charge in [-0.05, 0) is 36.6 Å². The van der Waals surface area contributed by atoms with Crippen LogP contribution >= 0.6 is 0 Å². The highest BCUT2D eigenvalue weighted by molar-refractivity contribution is 7.90. The highest BCUT2D eigenvalue weighted by Crippen LogP contribution is 2.26. The minimum atomic E-state index is -3.40. The molecule has 1 amide bonds. The molecule has 1 fully saturated rings. The Labute approximate surface area is 165 Å². The molecule has 0 radical (unpaired) electrons. The normalized spacial score (nSPS) is 20.5. The Hall–Kier alpha value is -2.61. The molecule has 1 aromatic rings. The van der Waals surface area contributed by atoms with Crippen LogP contribution < -0.4 is 4.90 Å². The number of hydrogen-bond acceptors (Lipinski definition) is 5. The van der Waals surface area contributed by atoms with Crippen LogP contribution in [0.5, 0.6) is 0 Å². The topological polar surface area (TPSA) is 73.3 Å². The number of rotatable bonds is 4. The summed E-state index contributed by atoms with van der Waals surface area (Å²) in [5.41, 5.74) is 2.86. The van der Waals surface area contributed by atoms with Crippen molar-refractivity contribution in [1.82, 2.24) is 9.80 Å². The van der Waals surface area contributed by atoms with E-state index in [9.17, 15) is 13.2 Å². The van der Waals surface area contributed by atoms with Crippen LogP contribution in [-0.4, -0.2) is 62.4 Å². The van der Waals surface area contributed by atoms with Crippen LogP contribution in [0.15, 0.2) is 52.6 Å². The van der Waals surface area contributed by atoms with E-state index in [2.05, 4.69) is 21.4 Å². The molecule has 1 aromatic carbocycles. The molecule has 0 aliphatic carbocycles. The molecule has 0 saturated carbocycles. The molecular weight excluding hydrogens is 376 g/mol. The van der Waals surface area contributed by atoms with Crippen molar-refractivity contribution in [3.05, 3.63) is 53.8 Å². The van der Waals surface area contributed by atoms with Gasteiger partial charge in [0.15, 0.2) is 0 Å². The van der Waals surface area contributed by atoms with E-state index < -0.39 is 10.0 Å². The smallest absolute Gasteiger partial charge is 0.256 e. The number of amides is 1. The van der Waals surface area contributed by atoms with Crippen molar-refractivity contribution in [2.24, 2.45) is 4.40 Å². The lowest BCUT2D eigenvalue weighted by atomic mass is 10.1. The maximum Gasteiger partial charge on any atom is 0.256 e. The Balaban J connectivity index is 1.50. The van der Waals surface area contributed by atoms with Gasteiger partial charge in [-0.1, -0.05) is 18.2 Å². The van der Waals surface area contributed by atoms with Gasteiger partial charge >= 0.3 is 0 Å². The molecule has 3 heterocycles. The van der Waals surface area contributed by atoms with Crippen molar-refractivity contribution in [2.45, 2.75) is 19.4 Å². The minimum absolute atomic E-state index is 0.0403. The SMILES string of the molecule is CN(Cc1ccccc1N1CCCC1)C(=O)C1=CN2CCS(=O)(=O)N=C2C=C1. The van der Waals surface area contributed by atoms with E-state index in [1.807, 2.05) is 12.1 Å². The van der Waals surface area contributed by atoms with Gasteiger partial charge in [0.1, 0.15) is 5.84 Å². The number of carbonyl (C=O) groups is 1. The summed E-state index contributed by atoms with van der Waals surface area (Å²) in [6.07, 6.45) is 7.34. The number of amidine groups is 1. The molecule has 8 heteroatoms. The van der Waals surface area contributed by atoms with E-state index in [1.165, 1.54) is 18.5 Å². The lowest BCUT2D eigenvalue weighted by Crippen LogP contribution is -2.38. The molecule has 0 spiro atoms. The first-order chi connectivity index (χ1) is 13.4. The third-order valence-corrected chi connectivity index (χ3v) is 6.43. The van der Waals surface area contributed by atoms with Gasteiger partial charge in [-0.15, -0.1) is 4.40 Å². The number of carbonyl (C=O) groups excluding carboxylic acids is 1. The first kappa shape index (κ1) is 18.7. The number of hydrogen-bond donors (Lipinski definition) is 0. The molecular formula is C20H24N4O3S. The molecule has 0 unspecified atom stereocenters. The summed E-state index contributed by atoms with van der Waals surface area (Å²) in [6.45, 7) is 2.95. The van der Waals surface area contributed by atoms with Crippen LogP contribution in [0.3, 0.4) is 0 Å². The van der Waals surface area contributed by atoms with E-state index in [-0.39, 0.29) is 11.7 Å². The quantitative estimate of drug-likeness (QED) is 0.770. The fourth-order valence-electron chi connectivity index (χ4n) is 3.79. The van der Waals surface area contributed by atoms with E-state index in [0.717, 1.165) is 18.7 Å².